The molecule has 0 bridgehead atoms. The molecule has 3 heterocycles. The molecular formula is C20H27N5OS. The van der Waals surface area contributed by atoms with Gasteiger partial charge in [0, 0.05) is 37.1 Å². The number of nitrogens with zero attached hydrogens (tertiary/aromatic N) is 4. The highest BCUT2D eigenvalue weighted by Crippen LogP contribution is 2.40. The Morgan fingerprint density at radius 2 is 1.96 bits per heavy atom. The normalized spacial score (nSPS) is 21.5. The van der Waals surface area contributed by atoms with E-state index in [0.717, 1.165) is 61.9 Å². The molecule has 1 saturated carbocycles. The summed E-state index contributed by atoms with van der Waals surface area (Å²) in [5.41, 5.74) is 1.49. The predicted molar refractivity (Wildman–Crippen MR) is 109 cm³/mol. The van der Waals surface area contributed by atoms with Crippen molar-refractivity contribution < 1.29 is 4.79 Å². The van der Waals surface area contributed by atoms with E-state index in [0.29, 0.717) is 6.04 Å². The number of aryl methyl sites for hydroxylation is 3. The number of nitrogens with one attached hydrogen (secondary N) is 1. The van der Waals surface area contributed by atoms with Crippen LogP contribution in [0, 0.1) is 6.92 Å². The van der Waals surface area contributed by atoms with Crippen LogP contribution in [-0.4, -0.2) is 59.0 Å². The summed E-state index contributed by atoms with van der Waals surface area (Å²) in [6, 6.07) is 0.379. The van der Waals surface area contributed by atoms with E-state index in [9.17, 15) is 4.79 Å². The Labute approximate surface area is 164 Å². The molecule has 0 radical (unpaired) electrons. The Bertz CT molecular complexity index is 882. The standard InChI is InChI=1S/C20H27N5OS/c1-12(19(26)23-14-6-7-14)24-8-10-25(11-9-24)18-17-15-4-3-5-16(15)27-20(17)22-13(2)21-18/h12,14H,3-11H2,1-2H3,(H,23,26). The Kier molecular flexibility index (Phi) is 4.31. The van der Waals surface area contributed by atoms with Crippen molar-refractivity contribution in [2.24, 2.45) is 0 Å². The molecule has 0 aromatic carbocycles. The van der Waals surface area contributed by atoms with Gasteiger partial charge in [-0.05, 0) is 51.5 Å². The zero-order valence-electron chi connectivity index (χ0n) is 16.1. The fourth-order valence-corrected chi connectivity index (χ4v) is 5.65. The van der Waals surface area contributed by atoms with Gasteiger partial charge in [0.15, 0.2) is 0 Å². The number of piperazine rings is 1. The molecule has 2 aromatic rings. The van der Waals surface area contributed by atoms with E-state index in [-0.39, 0.29) is 11.9 Å². The summed E-state index contributed by atoms with van der Waals surface area (Å²) in [7, 11) is 0. The van der Waals surface area contributed by atoms with Crippen molar-refractivity contribution in [3.63, 3.8) is 0 Å². The molecule has 3 aliphatic rings. The fourth-order valence-electron chi connectivity index (χ4n) is 4.35. The van der Waals surface area contributed by atoms with Gasteiger partial charge in [0.1, 0.15) is 16.5 Å². The van der Waals surface area contributed by atoms with Crippen molar-refractivity contribution in [1.82, 2.24) is 20.2 Å². The molecular weight excluding hydrogens is 358 g/mol. The van der Waals surface area contributed by atoms with Gasteiger partial charge in [-0.3, -0.25) is 9.69 Å². The van der Waals surface area contributed by atoms with E-state index in [1.54, 1.807) is 0 Å². The van der Waals surface area contributed by atoms with E-state index in [1.807, 2.05) is 25.2 Å². The van der Waals surface area contributed by atoms with Crippen LogP contribution in [0.3, 0.4) is 0 Å². The highest BCUT2D eigenvalue weighted by molar-refractivity contribution is 7.19. The second-order valence-corrected chi connectivity index (χ2v) is 9.20. The number of fused-ring (bicyclic) bond motifs is 3. The molecule has 5 rings (SSSR count). The zero-order valence-corrected chi connectivity index (χ0v) is 16.9. The first-order valence-electron chi connectivity index (χ1n) is 10.2. The molecule has 144 valence electrons. The third-order valence-corrected chi connectivity index (χ3v) is 7.31. The Morgan fingerprint density at radius 3 is 2.70 bits per heavy atom. The zero-order chi connectivity index (χ0) is 18.5. The second-order valence-electron chi connectivity index (χ2n) is 8.11. The molecule has 1 atom stereocenters. The van der Waals surface area contributed by atoms with Gasteiger partial charge in [0.2, 0.25) is 5.91 Å². The van der Waals surface area contributed by atoms with Gasteiger partial charge < -0.3 is 10.2 Å². The van der Waals surface area contributed by atoms with Crippen LogP contribution in [0.2, 0.25) is 0 Å². The van der Waals surface area contributed by atoms with Crippen molar-refractivity contribution in [1.29, 1.82) is 0 Å². The minimum Gasteiger partial charge on any atom is -0.353 e. The lowest BCUT2D eigenvalue weighted by atomic mass is 10.1. The molecule has 1 amide bonds. The SMILES string of the molecule is Cc1nc(N2CCN(C(C)C(=O)NC3CC3)CC2)c2c3c(sc2n1)CCC3. The highest BCUT2D eigenvalue weighted by atomic mass is 32.1. The summed E-state index contributed by atoms with van der Waals surface area (Å²) < 4.78 is 0. The monoisotopic (exact) mass is 385 g/mol. The van der Waals surface area contributed by atoms with Crippen LogP contribution in [0.4, 0.5) is 5.82 Å². The highest BCUT2D eigenvalue weighted by Gasteiger charge is 2.31. The largest absolute Gasteiger partial charge is 0.353 e. The molecule has 2 aliphatic carbocycles. The third kappa shape index (κ3) is 3.21. The fraction of sp³-hybridized carbons (Fsp3) is 0.650. The molecule has 27 heavy (non-hydrogen) atoms. The van der Waals surface area contributed by atoms with Crippen LogP contribution < -0.4 is 10.2 Å². The molecule has 0 spiro atoms. The molecule has 1 N–H and O–H groups in total. The minimum absolute atomic E-state index is 0.0506. The Hall–Kier alpha value is -1.73. The average molecular weight is 386 g/mol. The van der Waals surface area contributed by atoms with Crippen LogP contribution in [0.5, 0.6) is 0 Å². The first-order valence-corrected chi connectivity index (χ1v) is 11.0. The molecule has 1 saturated heterocycles. The second kappa shape index (κ2) is 6.71. The summed E-state index contributed by atoms with van der Waals surface area (Å²) in [5, 5.41) is 4.43. The van der Waals surface area contributed by atoms with Gasteiger partial charge in [-0.1, -0.05) is 0 Å². The average Bonchev–Trinajstić information content (AvgIpc) is 3.24. The smallest absolute Gasteiger partial charge is 0.237 e. The van der Waals surface area contributed by atoms with Crippen LogP contribution in [-0.2, 0) is 17.6 Å². The van der Waals surface area contributed by atoms with Crippen molar-refractivity contribution in [3.05, 3.63) is 16.3 Å². The molecule has 7 heteroatoms. The maximum absolute atomic E-state index is 12.4. The number of thiophene rings is 1. The van der Waals surface area contributed by atoms with Crippen LogP contribution in [0.25, 0.3) is 10.2 Å². The lowest BCUT2D eigenvalue weighted by Gasteiger charge is -2.38. The van der Waals surface area contributed by atoms with Gasteiger partial charge >= 0.3 is 0 Å². The number of aromatic nitrogens is 2. The van der Waals surface area contributed by atoms with Crippen molar-refractivity contribution in [2.45, 2.75) is 58.0 Å². The maximum Gasteiger partial charge on any atom is 0.237 e. The van der Waals surface area contributed by atoms with E-state index in [2.05, 4.69) is 15.1 Å². The summed E-state index contributed by atoms with van der Waals surface area (Å²) >= 11 is 1.86. The number of carbonyl (C=O) groups is 1. The summed E-state index contributed by atoms with van der Waals surface area (Å²) in [5.74, 6) is 2.16. The number of hydrogen-bond acceptors (Lipinski definition) is 6. The molecule has 1 aliphatic heterocycles. The van der Waals surface area contributed by atoms with Gasteiger partial charge in [-0.15, -0.1) is 11.3 Å². The van der Waals surface area contributed by atoms with E-state index < -0.39 is 0 Å². The van der Waals surface area contributed by atoms with Crippen molar-refractivity contribution >= 4 is 33.3 Å². The predicted octanol–water partition coefficient (Wildman–Crippen LogP) is 2.28. The first-order chi connectivity index (χ1) is 13.1. The Balaban J connectivity index is 1.34. The molecule has 1 unspecified atom stereocenters. The number of carbonyl (C=O) groups excluding carboxylic acids is 1. The van der Waals surface area contributed by atoms with Crippen LogP contribution >= 0.6 is 11.3 Å². The number of anilines is 1. The summed E-state index contributed by atoms with van der Waals surface area (Å²) in [4.78, 5) is 29.3. The van der Waals surface area contributed by atoms with Crippen molar-refractivity contribution in [3.8, 4) is 0 Å². The van der Waals surface area contributed by atoms with Gasteiger partial charge in [-0.2, -0.15) is 0 Å². The molecule has 6 nitrogen and oxygen atoms in total. The number of amides is 1. The van der Waals surface area contributed by atoms with Gasteiger partial charge in [-0.25, -0.2) is 9.97 Å². The quantitative estimate of drug-likeness (QED) is 0.875. The maximum atomic E-state index is 12.4. The van der Waals surface area contributed by atoms with Gasteiger partial charge in [0.05, 0.1) is 11.4 Å². The van der Waals surface area contributed by atoms with Crippen molar-refractivity contribution in [2.75, 3.05) is 31.1 Å². The third-order valence-electron chi connectivity index (χ3n) is 6.12. The number of rotatable bonds is 4. The molecule has 2 fully saturated rings. The topological polar surface area (TPSA) is 61.4 Å². The lowest BCUT2D eigenvalue weighted by molar-refractivity contribution is -0.126. The van der Waals surface area contributed by atoms with E-state index >= 15 is 0 Å². The van der Waals surface area contributed by atoms with E-state index in [1.165, 1.54) is 28.7 Å². The minimum atomic E-state index is -0.0506. The lowest BCUT2D eigenvalue weighted by Crippen LogP contribution is -2.54. The molecule has 2 aromatic heterocycles. The summed E-state index contributed by atoms with van der Waals surface area (Å²) in [6.07, 6.45) is 5.88. The van der Waals surface area contributed by atoms with E-state index in [4.69, 9.17) is 9.97 Å². The van der Waals surface area contributed by atoms with Crippen LogP contribution in [0.1, 0.15) is 42.5 Å². The number of hydrogen-bond donors (Lipinski definition) is 1. The summed E-state index contributed by atoms with van der Waals surface area (Å²) in [6.45, 7) is 7.65. The Morgan fingerprint density at radius 1 is 1.19 bits per heavy atom. The van der Waals surface area contributed by atoms with Gasteiger partial charge in [0.25, 0.3) is 0 Å². The first kappa shape index (κ1) is 17.4. The van der Waals surface area contributed by atoms with Crippen LogP contribution in [0.15, 0.2) is 0 Å².